The van der Waals surface area contributed by atoms with Crippen LogP contribution in [0.5, 0.6) is 0 Å². The molecule has 0 saturated carbocycles. The maximum absolute atomic E-state index is 5.87. The highest BCUT2D eigenvalue weighted by Gasteiger charge is 2.15. The van der Waals surface area contributed by atoms with E-state index in [-0.39, 0.29) is 0 Å². The highest BCUT2D eigenvalue weighted by molar-refractivity contribution is 7.80. The number of nitrogens with zero attached hydrogens (tertiary/aromatic N) is 2. The van der Waals surface area contributed by atoms with Gasteiger partial charge >= 0.3 is 0 Å². The van der Waals surface area contributed by atoms with Crippen LogP contribution < -0.4 is 10.6 Å². The van der Waals surface area contributed by atoms with Gasteiger partial charge in [-0.15, -0.1) is 0 Å². The summed E-state index contributed by atoms with van der Waals surface area (Å²) in [5.74, 6) is 0.865. The molecule has 0 spiro atoms. The van der Waals surface area contributed by atoms with Crippen molar-refractivity contribution in [3.8, 4) is 0 Å². The summed E-state index contributed by atoms with van der Waals surface area (Å²) in [6, 6.07) is 12.3. The van der Waals surface area contributed by atoms with Crippen LogP contribution in [-0.2, 0) is 6.54 Å². The topological polar surface area (TPSA) is 42.2 Å². The second-order valence-corrected chi connectivity index (χ2v) is 5.13. The average Bonchev–Trinajstić information content (AvgIpc) is 2.45. The molecule has 0 aliphatic rings. The fraction of sp³-hybridized carbons (Fsp3) is 0.250. The van der Waals surface area contributed by atoms with E-state index in [1.165, 1.54) is 5.56 Å². The molecule has 1 aromatic carbocycles. The van der Waals surface area contributed by atoms with Gasteiger partial charge in [-0.2, -0.15) is 0 Å². The van der Waals surface area contributed by atoms with Crippen LogP contribution in [-0.4, -0.2) is 16.5 Å². The van der Waals surface area contributed by atoms with Gasteiger partial charge in [0.15, 0.2) is 0 Å². The van der Waals surface area contributed by atoms with Gasteiger partial charge in [-0.1, -0.05) is 42.5 Å². The number of pyridine rings is 1. The summed E-state index contributed by atoms with van der Waals surface area (Å²) in [5, 5.41) is 0. The van der Waals surface area contributed by atoms with Crippen molar-refractivity contribution in [1.82, 2.24) is 4.98 Å². The molecule has 104 valence electrons. The Kier molecular flexibility index (Phi) is 4.69. The van der Waals surface area contributed by atoms with E-state index in [2.05, 4.69) is 28.9 Å². The zero-order valence-corrected chi connectivity index (χ0v) is 12.7. The number of hydrogen-bond acceptors (Lipinski definition) is 3. The van der Waals surface area contributed by atoms with Gasteiger partial charge in [-0.05, 0) is 31.0 Å². The smallest absolute Gasteiger partial charge is 0.139 e. The van der Waals surface area contributed by atoms with Crippen molar-refractivity contribution in [2.45, 2.75) is 20.4 Å². The predicted molar refractivity (Wildman–Crippen MR) is 88.0 cm³/mol. The Morgan fingerprint density at radius 2 is 1.95 bits per heavy atom. The Morgan fingerprint density at radius 3 is 2.55 bits per heavy atom. The molecule has 2 rings (SSSR count). The van der Waals surface area contributed by atoms with E-state index < -0.39 is 0 Å². The lowest BCUT2D eigenvalue weighted by atomic mass is 10.1. The average molecular weight is 285 g/mol. The molecule has 0 fully saturated rings. The molecule has 2 aromatic rings. The Hall–Kier alpha value is -1.94. The molecule has 3 nitrogen and oxygen atoms in total. The molecule has 0 bridgehead atoms. The fourth-order valence-corrected chi connectivity index (χ4v) is 2.48. The van der Waals surface area contributed by atoms with Crippen LogP contribution in [0.4, 0.5) is 5.82 Å². The Labute approximate surface area is 125 Å². The van der Waals surface area contributed by atoms with Crippen molar-refractivity contribution in [2.75, 3.05) is 11.4 Å². The van der Waals surface area contributed by atoms with E-state index in [9.17, 15) is 0 Å². The quantitative estimate of drug-likeness (QED) is 0.857. The number of hydrogen-bond donors (Lipinski definition) is 1. The van der Waals surface area contributed by atoms with Gasteiger partial charge in [0, 0.05) is 19.3 Å². The van der Waals surface area contributed by atoms with Crippen molar-refractivity contribution in [3.05, 3.63) is 59.3 Å². The molecule has 0 unspecified atom stereocenters. The summed E-state index contributed by atoms with van der Waals surface area (Å²) in [4.78, 5) is 7.08. The van der Waals surface area contributed by atoms with Gasteiger partial charge in [0.05, 0.1) is 5.56 Å². The number of benzene rings is 1. The minimum atomic E-state index is 0.400. The number of aryl methyl sites for hydroxylation is 1. The maximum atomic E-state index is 5.87. The lowest BCUT2D eigenvalue weighted by Crippen LogP contribution is -2.27. The Morgan fingerprint density at radius 1 is 1.25 bits per heavy atom. The summed E-state index contributed by atoms with van der Waals surface area (Å²) >= 11 is 5.18. The fourth-order valence-electron chi connectivity index (χ4n) is 2.23. The summed E-state index contributed by atoms with van der Waals surface area (Å²) in [6.45, 7) is 5.76. The lowest BCUT2D eigenvalue weighted by molar-refractivity contribution is 0.811. The van der Waals surface area contributed by atoms with Gasteiger partial charge in [0.2, 0.25) is 0 Å². The summed E-state index contributed by atoms with van der Waals surface area (Å²) < 4.78 is 0. The second kappa shape index (κ2) is 6.48. The third-order valence-electron chi connectivity index (χ3n) is 3.28. The van der Waals surface area contributed by atoms with E-state index in [1.54, 1.807) is 6.20 Å². The SMILES string of the molecule is CCN(Cc1ccccc1)c1nccc(C)c1C(N)=S. The van der Waals surface area contributed by atoms with E-state index in [1.807, 2.05) is 31.2 Å². The van der Waals surface area contributed by atoms with Crippen LogP contribution in [0.15, 0.2) is 42.6 Å². The van der Waals surface area contributed by atoms with Crippen molar-refractivity contribution < 1.29 is 0 Å². The maximum Gasteiger partial charge on any atom is 0.139 e. The molecule has 2 N–H and O–H groups in total. The minimum Gasteiger partial charge on any atom is -0.389 e. The molecular weight excluding hydrogens is 266 g/mol. The van der Waals surface area contributed by atoms with E-state index in [0.717, 1.165) is 30.0 Å². The first-order valence-electron chi connectivity index (χ1n) is 6.67. The minimum absolute atomic E-state index is 0.400. The van der Waals surface area contributed by atoms with Crippen LogP contribution in [0.25, 0.3) is 0 Å². The van der Waals surface area contributed by atoms with Crippen LogP contribution in [0.1, 0.15) is 23.6 Å². The molecule has 20 heavy (non-hydrogen) atoms. The largest absolute Gasteiger partial charge is 0.389 e. The number of nitrogens with two attached hydrogens (primary N) is 1. The summed E-state index contributed by atoms with van der Waals surface area (Å²) in [6.07, 6.45) is 1.81. The molecule has 0 amide bonds. The molecule has 4 heteroatoms. The first-order valence-corrected chi connectivity index (χ1v) is 7.08. The van der Waals surface area contributed by atoms with Crippen molar-refractivity contribution in [3.63, 3.8) is 0 Å². The number of rotatable bonds is 5. The van der Waals surface area contributed by atoms with Crippen molar-refractivity contribution in [2.24, 2.45) is 5.73 Å². The third kappa shape index (κ3) is 3.14. The zero-order chi connectivity index (χ0) is 14.5. The van der Waals surface area contributed by atoms with Crippen LogP contribution in [0.3, 0.4) is 0 Å². The summed E-state index contributed by atoms with van der Waals surface area (Å²) in [5.41, 5.74) is 9.05. The Balaban J connectivity index is 2.37. The predicted octanol–water partition coefficient (Wildman–Crippen LogP) is 3.05. The van der Waals surface area contributed by atoms with Crippen LogP contribution in [0.2, 0.25) is 0 Å². The van der Waals surface area contributed by atoms with E-state index >= 15 is 0 Å². The molecule has 1 heterocycles. The zero-order valence-electron chi connectivity index (χ0n) is 11.8. The molecule has 0 aliphatic carbocycles. The normalized spacial score (nSPS) is 10.3. The van der Waals surface area contributed by atoms with Gasteiger partial charge in [-0.3, -0.25) is 0 Å². The monoisotopic (exact) mass is 285 g/mol. The van der Waals surface area contributed by atoms with Crippen LogP contribution >= 0.6 is 12.2 Å². The van der Waals surface area contributed by atoms with Crippen LogP contribution in [0, 0.1) is 6.92 Å². The molecular formula is C16H19N3S. The highest BCUT2D eigenvalue weighted by Crippen LogP contribution is 2.22. The van der Waals surface area contributed by atoms with Crippen molar-refractivity contribution >= 4 is 23.0 Å². The second-order valence-electron chi connectivity index (χ2n) is 4.69. The first kappa shape index (κ1) is 14.5. The van der Waals surface area contributed by atoms with Crippen molar-refractivity contribution in [1.29, 1.82) is 0 Å². The number of thiocarbonyl (C=S) groups is 1. The van der Waals surface area contributed by atoms with Gasteiger partial charge in [0.25, 0.3) is 0 Å². The molecule has 0 radical (unpaired) electrons. The number of aromatic nitrogens is 1. The van der Waals surface area contributed by atoms with E-state index in [0.29, 0.717) is 4.99 Å². The summed E-state index contributed by atoms with van der Waals surface area (Å²) in [7, 11) is 0. The van der Waals surface area contributed by atoms with E-state index in [4.69, 9.17) is 18.0 Å². The molecule has 0 saturated heterocycles. The van der Waals surface area contributed by atoms with Gasteiger partial charge in [0.1, 0.15) is 10.8 Å². The molecule has 0 aliphatic heterocycles. The molecule has 0 atom stereocenters. The lowest BCUT2D eigenvalue weighted by Gasteiger charge is -2.25. The molecule has 1 aromatic heterocycles. The van der Waals surface area contributed by atoms with Gasteiger partial charge < -0.3 is 10.6 Å². The Bertz CT molecular complexity index is 596. The third-order valence-corrected chi connectivity index (χ3v) is 3.49. The first-order chi connectivity index (χ1) is 9.63. The number of anilines is 1. The highest BCUT2D eigenvalue weighted by atomic mass is 32.1. The van der Waals surface area contributed by atoms with Gasteiger partial charge in [-0.25, -0.2) is 4.98 Å². The standard InChI is InChI=1S/C16H19N3S/c1-3-19(11-13-7-5-4-6-8-13)16-14(15(17)20)12(2)9-10-18-16/h4-10H,3,11H2,1-2H3,(H2,17,20).